The number of carbonyl (C=O) groups excluding carboxylic acids is 1. The van der Waals surface area contributed by atoms with E-state index in [0.29, 0.717) is 21.7 Å². The van der Waals surface area contributed by atoms with Crippen molar-refractivity contribution in [3.05, 3.63) is 112 Å². The van der Waals surface area contributed by atoms with E-state index in [1.54, 1.807) is 16.4 Å². The van der Waals surface area contributed by atoms with Gasteiger partial charge in [-0.25, -0.2) is 4.68 Å². The minimum Gasteiger partial charge on any atom is -0.328 e. The van der Waals surface area contributed by atoms with Gasteiger partial charge in [-0.05, 0) is 54.8 Å². The monoisotopic (exact) mass is 501 g/mol. The lowest BCUT2D eigenvalue weighted by Crippen LogP contribution is -2.31. The summed E-state index contributed by atoms with van der Waals surface area (Å²) in [5.41, 5.74) is 5.22. The zero-order valence-corrected chi connectivity index (χ0v) is 20.9. The lowest BCUT2D eigenvalue weighted by atomic mass is 9.95. The van der Waals surface area contributed by atoms with E-state index in [1.807, 2.05) is 80.6 Å². The van der Waals surface area contributed by atoms with Gasteiger partial charge >= 0.3 is 0 Å². The number of rotatable bonds is 6. The molecule has 0 saturated carbocycles. The van der Waals surface area contributed by atoms with Crippen LogP contribution in [0.2, 0.25) is 5.02 Å². The van der Waals surface area contributed by atoms with Gasteiger partial charge in [-0.3, -0.25) is 4.79 Å². The van der Waals surface area contributed by atoms with Crippen LogP contribution in [0.1, 0.15) is 29.7 Å². The first-order chi connectivity index (χ1) is 17.0. The van der Waals surface area contributed by atoms with Crippen molar-refractivity contribution >= 4 is 40.9 Å². The Labute approximate surface area is 213 Å². The van der Waals surface area contributed by atoms with Crippen molar-refractivity contribution in [1.82, 2.24) is 14.8 Å². The van der Waals surface area contributed by atoms with Crippen LogP contribution in [0.5, 0.6) is 0 Å². The van der Waals surface area contributed by atoms with E-state index < -0.39 is 6.04 Å². The Bertz CT molecular complexity index is 1400. The standard InChI is InChI=1S/C27H24ClN5OS/c1-17-7-6-10-22(15-17)30-25(34)23-18(2)29-26-31-27(35-16-19-8-4-3-5-9-19)32-33(26)24(23)20-11-13-21(28)14-12-20/h3-15,24H,16H2,1-2H3,(H,30,34)(H,29,31,32). The Hall–Kier alpha value is -3.55. The van der Waals surface area contributed by atoms with Crippen LogP contribution < -0.4 is 10.6 Å². The number of thioether (sulfide) groups is 1. The maximum absolute atomic E-state index is 13.6. The van der Waals surface area contributed by atoms with E-state index in [2.05, 4.69) is 22.8 Å². The Morgan fingerprint density at radius 3 is 2.57 bits per heavy atom. The summed E-state index contributed by atoms with van der Waals surface area (Å²) in [6.07, 6.45) is 0. The quantitative estimate of drug-likeness (QED) is 0.297. The largest absolute Gasteiger partial charge is 0.328 e. The van der Waals surface area contributed by atoms with Gasteiger partial charge in [0.05, 0.1) is 5.57 Å². The normalized spacial score (nSPS) is 14.9. The molecule has 8 heteroatoms. The Morgan fingerprint density at radius 2 is 1.83 bits per heavy atom. The Kier molecular flexibility index (Phi) is 6.61. The van der Waals surface area contributed by atoms with Crippen LogP contribution in [0.4, 0.5) is 11.6 Å². The summed E-state index contributed by atoms with van der Waals surface area (Å²) in [6, 6.07) is 25.0. The van der Waals surface area contributed by atoms with Crippen molar-refractivity contribution in [2.75, 3.05) is 10.6 Å². The lowest BCUT2D eigenvalue weighted by molar-refractivity contribution is -0.113. The fourth-order valence-corrected chi connectivity index (χ4v) is 4.99. The van der Waals surface area contributed by atoms with Gasteiger partial charge in [0.15, 0.2) is 0 Å². The molecule has 0 fully saturated rings. The molecule has 35 heavy (non-hydrogen) atoms. The number of halogens is 1. The van der Waals surface area contributed by atoms with Gasteiger partial charge in [0, 0.05) is 22.2 Å². The molecule has 6 nitrogen and oxygen atoms in total. The molecule has 5 rings (SSSR count). The van der Waals surface area contributed by atoms with Crippen LogP contribution in [0.3, 0.4) is 0 Å². The summed E-state index contributed by atoms with van der Waals surface area (Å²) in [4.78, 5) is 18.3. The molecule has 1 aliphatic heterocycles. The highest BCUT2D eigenvalue weighted by atomic mass is 35.5. The average molecular weight is 502 g/mol. The molecule has 0 saturated heterocycles. The molecule has 1 atom stereocenters. The maximum atomic E-state index is 13.6. The van der Waals surface area contributed by atoms with Crippen LogP contribution in [-0.2, 0) is 10.5 Å². The van der Waals surface area contributed by atoms with Gasteiger partial charge in [0.25, 0.3) is 5.91 Å². The zero-order chi connectivity index (χ0) is 24.4. The molecule has 2 heterocycles. The van der Waals surface area contributed by atoms with Crippen molar-refractivity contribution in [2.24, 2.45) is 0 Å². The second-order valence-electron chi connectivity index (χ2n) is 8.38. The summed E-state index contributed by atoms with van der Waals surface area (Å²) in [5, 5.41) is 12.4. The number of benzene rings is 3. The molecular formula is C27H24ClN5OS. The number of hydrogen-bond acceptors (Lipinski definition) is 5. The zero-order valence-electron chi connectivity index (χ0n) is 19.3. The SMILES string of the molecule is CC1=C(C(=O)Nc2cccc(C)c2)C(c2ccc(Cl)cc2)n2nc(SCc3ccccc3)nc2N1. The smallest absolute Gasteiger partial charge is 0.255 e. The highest BCUT2D eigenvalue weighted by molar-refractivity contribution is 7.98. The number of hydrogen-bond donors (Lipinski definition) is 2. The lowest BCUT2D eigenvalue weighted by Gasteiger charge is -2.28. The maximum Gasteiger partial charge on any atom is 0.255 e. The molecule has 1 aromatic heterocycles. The molecule has 1 aliphatic rings. The van der Waals surface area contributed by atoms with Gasteiger partial charge in [-0.2, -0.15) is 4.98 Å². The van der Waals surface area contributed by atoms with E-state index in [9.17, 15) is 4.79 Å². The van der Waals surface area contributed by atoms with Gasteiger partial charge in [-0.1, -0.05) is 78.0 Å². The van der Waals surface area contributed by atoms with E-state index in [4.69, 9.17) is 21.7 Å². The molecule has 1 amide bonds. The van der Waals surface area contributed by atoms with E-state index in [1.165, 1.54) is 5.56 Å². The minimum atomic E-state index is -0.452. The van der Waals surface area contributed by atoms with Crippen molar-refractivity contribution in [3.8, 4) is 0 Å². The summed E-state index contributed by atoms with van der Waals surface area (Å²) in [5.74, 6) is 1.16. The van der Waals surface area contributed by atoms with Crippen molar-refractivity contribution in [3.63, 3.8) is 0 Å². The van der Waals surface area contributed by atoms with Crippen LogP contribution in [-0.4, -0.2) is 20.7 Å². The number of fused-ring (bicyclic) bond motifs is 1. The molecule has 0 radical (unpaired) electrons. The fraction of sp³-hybridized carbons (Fsp3) is 0.148. The van der Waals surface area contributed by atoms with Crippen LogP contribution in [0.25, 0.3) is 0 Å². The molecule has 0 aliphatic carbocycles. The predicted octanol–water partition coefficient (Wildman–Crippen LogP) is 6.46. The molecule has 0 spiro atoms. The Morgan fingerprint density at radius 1 is 1.06 bits per heavy atom. The summed E-state index contributed by atoms with van der Waals surface area (Å²) in [7, 11) is 0. The molecule has 2 N–H and O–H groups in total. The van der Waals surface area contributed by atoms with Crippen molar-refractivity contribution < 1.29 is 4.79 Å². The van der Waals surface area contributed by atoms with Gasteiger partial charge in [0.2, 0.25) is 11.1 Å². The van der Waals surface area contributed by atoms with Crippen LogP contribution >= 0.6 is 23.4 Å². The average Bonchev–Trinajstić information content (AvgIpc) is 3.25. The van der Waals surface area contributed by atoms with Gasteiger partial charge in [0.1, 0.15) is 6.04 Å². The molecule has 176 valence electrons. The summed E-state index contributed by atoms with van der Waals surface area (Å²) >= 11 is 7.72. The van der Waals surface area contributed by atoms with Crippen LogP contribution in [0.15, 0.2) is 95.3 Å². The number of aromatic nitrogens is 3. The second-order valence-corrected chi connectivity index (χ2v) is 9.76. The predicted molar refractivity (Wildman–Crippen MR) is 142 cm³/mol. The summed E-state index contributed by atoms with van der Waals surface area (Å²) in [6.45, 7) is 3.89. The molecular weight excluding hydrogens is 478 g/mol. The first-order valence-corrected chi connectivity index (χ1v) is 12.6. The number of amides is 1. The first kappa shape index (κ1) is 23.2. The second kappa shape index (κ2) is 9.98. The number of aryl methyl sites for hydroxylation is 1. The summed E-state index contributed by atoms with van der Waals surface area (Å²) < 4.78 is 1.79. The van der Waals surface area contributed by atoms with Crippen LogP contribution in [0, 0.1) is 6.92 Å². The van der Waals surface area contributed by atoms with E-state index >= 15 is 0 Å². The molecule has 4 aromatic rings. The topological polar surface area (TPSA) is 71.8 Å². The van der Waals surface area contributed by atoms with E-state index in [-0.39, 0.29) is 5.91 Å². The first-order valence-electron chi connectivity index (χ1n) is 11.2. The highest BCUT2D eigenvalue weighted by Gasteiger charge is 2.34. The third-order valence-electron chi connectivity index (χ3n) is 5.75. The van der Waals surface area contributed by atoms with Gasteiger partial charge in [-0.15, -0.1) is 5.10 Å². The molecule has 0 bridgehead atoms. The fourth-order valence-electron chi connectivity index (χ4n) is 4.08. The highest BCUT2D eigenvalue weighted by Crippen LogP contribution is 2.37. The van der Waals surface area contributed by atoms with Gasteiger partial charge < -0.3 is 10.6 Å². The van der Waals surface area contributed by atoms with E-state index in [0.717, 1.165) is 28.3 Å². The minimum absolute atomic E-state index is 0.194. The molecule has 3 aromatic carbocycles. The molecule has 1 unspecified atom stereocenters. The number of allylic oxidation sites excluding steroid dienone is 1. The number of carbonyl (C=O) groups is 1. The van der Waals surface area contributed by atoms with Crippen molar-refractivity contribution in [2.45, 2.75) is 30.8 Å². The Balaban J connectivity index is 1.49. The third kappa shape index (κ3) is 5.11. The number of anilines is 2. The van der Waals surface area contributed by atoms with Crippen molar-refractivity contribution in [1.29, 1.82) is 0 Å². The third-order valence-corrected chi connectivity index (χ3v) is 6.91. The number of nitrogens with zero attached hydrogens (tertiary/aromatic N) is 3. The number of nitrogens with one attached hydrogen (secondary N) is 2.